The minimum absolute atomic E-state index is 0.233. The fourth-order valence-corrected chi connectivity index (χ4v) is 2.25. The van der Waals surface area contributed by atoms with E-state index < -0.39 is 0 Å². The number of carbonyl (C=O) groups is 1. The van der Waals surface area contributed by atoms with E-state index in [4.69, 9.17) is 0 Å². The zero-order valence-corrected chi connectivity index (χ0v) is 10.8. The molecule has 0 aromatic heterocycles. The van der Waals surface area contributed by atoms with E-state index in [9.17, 15) is 4.79 Å². The van der Waals surface area contributed by atoms with Crippen LogP contribution in [-0.4, -0.2) is 37.0 Å². The molecule has 1 atom stereocenters. The number of hydrogen-bond donors (Lipinski definition) is 1. The van der Waals surface area contributed by atoms with Crippen LogP contribution < -0.4 is 5.32 Å². The van der Waals surface area contributed by atoms with Crippen molar-refractivity contribution in [3.05, 3.63) is 0 Å². The third-order valence-electron chi connectivity index (χ3n) is 3.25. The molecule has 1 aliphatic rings. The molecular weight excluding hydrogens is 200 g/mol. The SMILES string of the molecule is CCCCN1CCCC(C(=O)NCCC)C1. The molecule has 3 nitrogen and oxygen atoms in total. The number of unbranched alkanes of at least 4 members (excludes halogenated alkanes) is 1. The standard InChI is InChI=1S/C13H26N2O/c1-3-5-9-15-10-6-7-12(11-15)13(16)14-8-4-2/h12H,3-11H2,1-2H3,(H,14,16). The first kappa shape index (κ1) is 13.5. The van der Waals surface area contributed by atoms with Crippen LogP contribution in [0.5, 0.6) is 0 Å². The lowest BCUT2D eigenvalue weighted by Gasteiger charge is -2.31. The molecule has 1 saturated heterocycles. The van der Waals surface area contributed by atoms with Gasteiger partial charge in [0.25, 0.3) is 0 Å². The highest BCUT2D eigenvalue weighted by molar-refractivity contribution is 5.78. The highest BCUT2D eigenvalue weighted by Gasteiger charge is 2.24. The number of rotatable bonds is 6. The number of carbonyl (C=O) groups excluding carboxylic acids is 1. The Balaban J connectivity index is 2.28. The topological polar surface area (TPSA) is 32.3 Å². The first-order valence-electron chi connectivity index (χ1n) is 6.78. The van der Waals surface area contributed by atoms with Crippen molar-refractivity contribution in [3.63, 3.8) is 0 Å². The molecule has 0 bridgehead atoms. The Hall–Kier alpha value is -0.570. The van der Waals surface area contributed by atoms with Gasteiger partial charge in [-0.3, -0.25) is 4.79 Å². The smallest absolute Gasteiger partial charge is 0.224 e. The lowest BCUT2D eigenvalue weighted by molar-refractivity contribution is -0.126. The summed E-state index contributed by atoms with van der Waals surface area (Å²) in [4.78, 5) is 14.3. The van der Waals surface area contributed by atoms with Crippen molar-refractivity contribution >= 4 is 5.91 Å². The second kappa shape index (κ2) is 7.66. The van der Waals surface area contributed by atoms with Gasteiger partial charge in [-0.05, 0) is 38.8 Å². The number of hydrogen-bond acceptors (Lipinski definition) is 2. The Morgan fingerprint density at radius 2 is 2.19 bits per heavy atom. The summed E-state index contributed by atoms with van der Waals surface area (Å²) in [6.45, 7) is 8.44. The second-order valence-corrected chi connectivity index (χ2v) is 4.78. The van der Waals surface area contributed by atoms with E-state index in [2.05, 4.69) is 24.1 Å². The van der Waals surface area contributed by atoms with Crippen molar-refractivity contribution in [1.82, 2.24) is 10.2 Å². The van der Waals surface area contributed by atoms with E-state index in [0.717, 1.165) is 32.5 Å². The van der Waals surface area contributed by atoms with Crippen molar-refractivity contribution < 1.29 is 4.79 Å². The Labute approximate surface area is 99.6 Å². The van der Waals surface area contributed by atoms with Gasteiger partial charge in [0.2, 0.25) is 5.91 Å². The number of nitrogens with zero attached hydrogens (tertiary/aromatic N) is 1. The molecular formula is C13H26N2O. The van der Waals surface area contributed by atoms with Crippen LogP contribution in [0.2, 0.25) is 0 Å². The number of piperidine rings is 1. The molecule has 0 aromatic rings. The summed E-state index contributed by atoms with van der Waals surface area (Å²) in [7, 11) is 0. The highest BCUT2D eigenvalue weighted by atomic mass is 16.1. The largest absolute Gasteiger partial charge is 0.356 e. The Morgan fingerprint density at radius 3 is 2.88 bits per heavy atom. The van der Waals surface area contributed by atoms with Gasteiger partial charge < -0.3 is 10.2 Å². The van der Waals surface area contributed by atoms with Gasteiger partial charge in [0.1, 0.15) is 0 Å². The lowest BCUT2D eigenvalue weighted by Crippen LogP contribution is -2.43. The van der Waals surface area contributed by atoms with Gasteiger partial charge in [0.15, 0.2) is 0 Å². The third-order valence-corrected chi connectivity index (χ3v) is 3.25. The molecule has 1 aliphatic heterocycles. The molecule has 0 saturated carbocycles. The van der Waals surface area contributed by atoms with Crippen molar-refractivity contribution in [2.24, 2.45) is 5.92 Å². The van der Waals surface area contributed by atoms with E-state index in [1.54, 1.807) is 0 Å². The maximum atomic E-state index is 11.8. The van der Waals surface area contributed by atoms with Crippen LogP contribution in [0.15, 0.2) is 0 Å². The Morgan fingerprint density at radius 1 is 1.38 bits per heavy atom. The zero-order valence-electron chi connectivity index (χ0n) is 10.8. The van der Waals surface area contributed by atoms with Crippen LogP contribution in [0.3, 0.4) is 0 Å². The van der Waals surface area contributed by atoms with Gasteiger partial charge >= 0.3 is 0 Å². The molecule has 1 heterocycles. The number of likely N-dealkylation sites (tertiary alicyclic amines) is 1. The predicted octanol–water partition coefficient (Wildman–Crippen LogP) is 2.02. The van der Waals surface area contributed by atoms with Crippen LogP contribution in [0.1, 0.15) is 46.0 Å². The molecule has 1 unspecified atom stereocenters. The molecule has 1 rings (SSSR count). The minimum Gasteiger partial charge on any atom is -0.356 e. The summed E-state index contributed by atoms with van der Waals surface area (Å²) in [5.74, 6) is 0.500. The molecule has 0 radical (unpaired) electrons. The van der Waals surface area contributed by atoms with Gasteiger partial charge in [-0.15, -0.1) is 0 Å². The van der Waals surface area contributed by atoms with Crippen LogP contribution in [0, 0.1) is 5.92 Å². The minimum atomic E-state index is 0.233. The lowest BCUT2D eigenvalue weighted by atomic mass is 9.97. The first-order chi connectivity index (χ1) is 7.77. The van der Waals surface area contributed by atoms with Crippen LogP contribution in [-0.2, 0) is 4.79 Å². The fourth-order valence-electron chi connectivity index (χ4n) is 2.25. The molecule has 0 aromatic carbocycles. The highest BCUT2D eigenvalue weighted by Crippen LogP contribution is 2.16. The molecule has 1 fully saturated rings. The molecule has 94 valence electrons. The van der Waals surface area contributed by atoms with Gasteiger partial charge in [-0.25, -0.2) is 0 Å². The fraction of sp³-hybridized carbons (Fsp3) is 0.923. The summed E-state index contributed by atoms with van der Waals surface area (Å²) < 4.78 is 0. The van der Waals surface area contributed by atoms with Crippen LogP contribution in [0.4, 0.5) is 0 Å². The summed E-state index contributed by atoms with van der Waals surface area (Å²) in [5, 5.41) is 3.01. The van der Waals surface area contributed by atoms with Gasteiger partial charge in [0.05, 0.1) is 5.92 Å². The molecule has 16 heavy (non-hydrogen) atoms. The van der Waals surface area contributed by atoms with Crippen LogP contribution >= 0.6 is 0 Å². The summed E-state index contributed by atoms with van der Waals surface area (Å²) in [6.07, 6.45) is 5.76. The monoisotopic (exact) mass is 226 g/mol. The van der Waals surface area contributed by atoms with Crippen LogP contribution in [0.25, 0.3) is 0 Å². The van der Waals surface area contributed by atoms with Crippen molar-refractivity contribution in [2.45, 2.75) is 46.0 Å². The Bertz CT molecular complexity index is 206. The molecule has 0 aliphatic carbocycles. The number of nitrogens with one attached hydrogen (secondary N) is 1. The quantitative estimate of drug-likeness (QED) is 0.751. The molecule has 0 spiro atoms. The molecule has 3 heteroatoms. The average molecular weight is 226 g/mol. The van der Waals surface area contributed by atoms with E-state index >= 15 is 0 Å². The summed E-state index contributed by atoms with van der Waals surface area (Å²) in [5.41, 5.74) is 0. The van der Waals surface area contributed by atoms with Crippen molar-refractivity contribution in [3.8, 4) is 0 Å². The van der Waals surface area contributed by atoms with Crippen molar-refractivity contribution in [1.29, 1.82) is 0 Å². The van der Waals surface area contributed by atoms with Gasteiger partial charge in [-0.1, -0.05) is 20.3 Å². The van der Waals surface area contributed by atoms with Crippen molar-refractivity contribution in [2.75, 3.05) is 26.2 Å². The van der Waals surface area contributed by atoms with E-state index in [-0.39, 0.29) is 11.8 Å². The third kappa shape index (κ3) is 4.52. The maximum Gasteiger partial charge on any atom is 0.224 e. The van der Waals surface area contributed by atoms with E-state index in [1.807, 2.05) is 0 Å². The van der Waals surface area contributed by atoms with Gasteiger partial charge in [-0.2, -0.15) is 0 Å². The molecule has 1 amide bonds. The first-order valence-corrected chi connectivity index (χ1v) is 6.78. The summed E-state index contributed by atoms with van der Waals surface area (Å²) in [6, 6.07) is 0. The maximum absolute atomic E-state index is 11.8. The summed E-state index contributed by atoms with van der Waals surface area (Å²) >= 11 is 0. The van der Waals surface area contributed by atoms with E-state index in [0.29, 0.717) is 0 Å². The van der Waals surface area contributed by atoms with E-state index in [1.165, 1.54) is 25.8 Å². The zero-order chi connectivity index (χ0) is 11.8. The predicted molar refractivity (Wildman–Crippen MR) is 67.4 cm³/mol. The van der Waals surface area contributed by atoms with Gasteiger partial charge in [0, 0.05) is 13.1 Å². The average Bonchev–Trinajstić information content (AvgIpc) is 2.33. The number of amides is 1. The Kier molecular flexibility index (Phi) is 6.46. The molecule has 1 N–H and O–H groups in total. The normalized spacial score (nSPS) is 22.0. The second-order valence-electron chi connectivity index (χ2n) is 4.78.